The second-order valence-corrected chi connectivity index (χ2v) is 3.76. The minimum Gasteiger partial charge on any atom is -0.481 e. The van der Waals surface area contributed by atoms with Gasteiger partial charge in [0.1, 0.15) is 0 Å². The number of rotatable bonds is 1. The van der Waals surface area contributed by atoms with Crippen LogP contribution in [-0.4, -0.2) is 23.8 Å². The van der Waals surface area contributed by atoms with Crippen LogP contribution in [0.2, 0.25) is 0 Å². The summed E-state index contributed by atoms with van der Waals surface area (Å²) in [5.41, 5.74) is -0.0637. The van der Waals surface area contributed by atoms with E-state index < -0.39 is 5.97 Å². The van der Waals surface area contributed by atoms with E-state index in [1.54, 1.807) is 0 Å². The Hall–Kier alpha value is -0.570. The molecule has 0 aromatic heterocycles. The minimum atomic E-state index is -0.660. The molecule has 1 N–H and O–H groups in total. The first-order valence-corrected chi connectivity index (χ1v) is 3.93. The van der Waals surface area contributed by atoms with Crippen LogP contribution in [0.25, 0.3) is 0 Å². The van der Waals surface area contributed by atoms with Crippen molar-refractivity contribution >= 4 is 5.97 Å². The van der Waals surface area contributed by atoms with Crippen molar-refractivity contribution in [2.24, 2.45) is 17.3 Å². The second-order valence-electron chi connectivity index (χ2n) is 3.76. The Morgan fingerprint density at radius 1 is 1.73 bits per heavy atom. The highest BCUT2D eigenvalue weighted by molar-refractivity contribution is 5.76. The molecule has 2 fully saturated rings. The Labute approximate surface area is 65.4 Å². The third-order valence-corrected chi connectivity index (χ3v) is 3.43. The lowest BCUT2D eigenvalue weighted by Crippen LogP contribution is -2.21. The number of carbonyl (C=O) groups is 1. The Kier molecular flexibility index (Phi) is 1.15. The van der Waals surface area contributed by atoms with E-state index >= 15 is 0 Å². The maximum atomic E-state index is 10.7. The highest BCUT2D eigenvalue weighted by Gasteiger charge is 2.71. The summed E-state index contributed by atoms with van der Waals surface area (Å²) in [5, 5.41) is 8.79. The van der Waals surface area contributed by atoms with Gasteiger partial charge in [0.05, 0.1) is 18.6 Å². The molecule has 0 aromatic carbocycles. The molecule has 2 aliphatic rings. The van der Waals surface area contributed by atoms with Crippen molar-refractivity contribution < 1.29 is 14.6 Å². The van der Waals surface area contributed by atoms with E-state index in [-0.39, 0.29) is 23.4 Å². The standard InChI is InChI=1S/C8H12O3/c1-4-8(2)5(3-11-4)6(8)7(9)10/h4-6H,3H2,1-2H3,(H,9,10)/t4?,5-,6+,8-/m1/s1. The predicted octanol–water partition coefficient (Wildman–Crippen LogP) is 0.742. The van der Waals surface area contributed by atoms with Gasteiger partial charge in [0.25, 0.3) is 0 Å². The molecule has 11 heavy (non-hydrogen) atoms. The Bertz CT molecular complexity index is 213. The largest absolute Gasteiger partial charge is 0.481 e. The summed E-state index contributed by atoms with van der Waals surface area (Å²) in [7, 11) is 0. The van der Waals surface area contributed by atoms with Crippen molar-refractivity contribution in [3.05, 3.63) is 0 Å². The smallest absolute Gasteiger partial charge is 0.307 e. The van der Waals surface area contributed by atoms with E-state index in [1.807, 2.05) is 13.8 Å². The number of fused-ring (bicyclic) bond motifs is 1. The summed E-state index contributed by atoms with van der Waals surface area (Å²) in [6.45, 7) is 4.60. The number of hydrogen-bond acceptors (Lipinski definition) is 2. The molecule has 62 valence electrons. The molecular weight excluding hydrogens is 144 g/mol. The number of aliphatic carboxylic acids is 1. The Morgan fingerprint density at radius 2 is 2.36 bits per heavy atom. The zero-order valence-electron chi connectivity index (χ0n) is 6.70. The number of carboxylic acid groups (broad SMARTS) is 1. The highest BCUT2D eigenvalue weighted by Crippen LogP contribution is 2.65. The maximum absolute atomic E-state index is 10.7. The molecule has 1 saturated carbocycles. The molecule has 2 rings (SSSR count). The summed E-state index contributed by atoms with van der Waals surface area (Å²) in [5.74, 6) is -0.533. The van der Waals surface area contributed by atoms with Gasteiger partial charge in [-0.15, -0.1) is 0 Å². The first-order valence-electron chi connectivity index (χ1n) is 3.93. The topological polar surface area (TPSA) is 46.5 Å². The van der Waals surface area contributed by atoms with Crippen LogP contribution in [0.5, 0.6) is 0 Å². The predicted molar refractivity (Wildman–Crippen MR) is 38.1 cm³/mol. The van der Waals surface area contributed by atoms with Crippen molar-refractivity contribution in [1.82, 2.24) is 0 Å². The van der Waals surface area contributed by atoms with E-state index in [1.165, 1.54) is 0 Å². The van der Waals surface area contributed by atoms with Gasteiger partial charge in [-0.2, -0.15) is 0 Å². The molecule has 1 unspecified atom stereocenters. The average Bonchev–Trinajstić information content (AvgIpc) is 2.43. The van der Waals surface area contributed by atoms with E-state index in [0.29, 0.717) is 6.61 Å². The molecule has 1 saturated heterocycles. The normalized spacial score (nSPS) is 53.8. The molecule has 0 radical (unpaired) electrons. The molecule has 0 amide bonds. The quantitative estimate of drug-likeness (QED) is 0.609. The summed E-state index contributed by atoms with van der Waals surface area (Å²) >= 11 is 0. The van der Waals surface area contributed by atoms with Crippen LogP contribution in [0.4, 0.5) is 0 Å². The van der Waals surface area contributed by atoms with Gasteiger partial charge in [-0.1, -0.05) is 6.92 Å². The molecular formula is C8H12O3. The monoisotopic (exact) mass is 156 g/mol. The lowest BCUT2D eigenvalue weighted by Gasteiger charge is -2.14. The van der Waals surface area contributed by atoms with Gasteiger partial charge in [0.15, 0.2) is 0 Å². The van der Waals surface area contributed by atoms with Crippen molar-refractivity contribution in [1.29, 1.82) is 0 Å². The number of ether oxygens (including phenoxy) is 1. The van der Waals surface area contributed by atoms with Crippen molar-refractivity contribution in [3.63, 3.8) is 0 Å². The fraction of sp³-hybridized carbons (Fsp3) is 0.875. The zero-order chi connectivity index (χ0) is 8.22. The first kappa shape index (κ1) is 7.10. The molecule has 0 spiro atoms. The lowest BCUT2D eigenvalue weighted by molar-refractivity contribution is -0.141. The molecule has 0 aromatic rings. The van der Waals surface area contributed by atoms with Gasteiger partial charge in [0.2, 0.25) is 0 Å². The first-order chi connectivity index (χ1) is 5.08. The molecule has 3 heteroatoms. The van der Waals surface area contributed by atoms with Crippen LogP contribution in [0, 0.1) is 17.3 Å². The maximum Gasteiger partial charge on any atom is 0.307 e. The lowest BCUT2D eigenvalue weighted by atomic mass is 10.00. The molecule has 1 aliphatic carbocycles. The zero-order valence-corrected chi connectivity index (χ0v) is 6.70. The number of hydrogen-bond donors (Lipinski definition) is 1. The minimum absolute atomic E-state index is 0.0637. The van der Waals surface area contributed by atoms with Crippen LogP contribution in [0.3, 0.4) is 0 Å². The van der Waals surface area contributed by atoms with E-state index in [0.717, 1.165) is 0 Å². The Morgan fingerprint density at radius 3 is 2.64 bits per heavy atom. The van der Waals surface area contributed by atoms with E-state index in [9.17, 15) is 4.79 Å². The molecule has 1 aliphatic heterocycles. The fourth-order valence-electron chi connectivity index (χ4n) is 2.32. The van der Waals surface area contributed by atoms with Crippen LogP contribution in [0.15, 0.2) is 0 Å². The summed E-state index contributed by atoms with van der Waals surface area (Å²) in [6, 6.07) is 0. The summed E-state index contributed by atoms with van der Waals surface area (Å²) < 4.78 is 5.33. The Balaban J connectivity index is 2.19. The van der Waals surface area contributed by atoms with Crippen LogP contribution in [-0.2, 0) is 9.53 Å². The summed E-state index contributed by atoms with van der Waals surface area (Å²) in [6.07, 6.45) is 0.119. The summed E-state index contributed by atoms with van der Waals surface area (Å²) in [4.78, 5) is 10.7. The average molecular weight is 156 g/mol. The van der Waals surface area contributed by atoms with E-state index in [2.05, 4.69) is 0 Å². The van der Waals surface area contributed by atoms with Crippen LogP contribution in [0.1, 0.15) is 13.8 Å². The van der Waals surface area contributed by atoms with Gasteiger partial charge in [-0.25, -0.2) is 0 Å². The third-order valence-electron chi connectivity index (χ3n) is 3.43. The molecule has 3 nitrogen and oxygen atoms in total. The fourth-order valence-corrected chi connectivity index (χ4v) is 2.32. The van der Waals surface area contributed by atoms with Gasteiger partial charge in [-0.3, -0.25) is 4.79 Å². The molecule has 4 atom stereocenters. The SMILES string of the molecule is CC1OC[C@@H]2[C@@H](C(=O)O)[C@]12C. The number of carboxylic acids is 1. The van der Waals surface area contributed by atoms with Gasteiger partial charge < -0.3 is 9.84 Å². The second kappa shape index (κ2) is 1.78. The molecule has 1 heterocycles. The van der Waals surface area contributed by atoms with Gasteiger partial charge in [0, 0.05) is 11.3 Å². The highest BCUT2D eigenvalue weighted by atomic mass is 16.5. The molecule has 0 bridgehead atoms. The van der Waals surface area contributed by atoms with Gasteiger partial charge >= 0.3 is 5.97 Å². The third kappa shape index (κ3) is 0.644. The van der Waals surface area contributed by atoms with Crippen molar-refractivity contribution in [2.45, 2.75) is 20.0 Å². The van der Waals surface area contributed by atoms with Crippen LogP contribution >= 0.6 is 0 Å². The van der Waals surface area contributed by atoms with Crippen molar-refractivity contribution in [2.75, 3.05) is 6.61 Å². The van der Waals surface area contributed by atoms with Crippen LogP contribution < -0.4 is 0 Å². The van der Waals surface area contributed by atoms with Crippen molar-refractivity contribution in [3.8, 4) is 0 Å². The van der Waals surface area contributed by atoms with Gasteiger partial charge in [-0.05, 0) is 6.92 Å². The van der Waals surface area contributed by atoms with E-state index in [4.69, 9.17) is 9.84 Å².